The van der Waals surface area contributed by atoms with Gasteiger partial charge in [-0.05, 0) is 37.3 Å². The van der Waals surface area contributed by atoms with Crippen molar-refractivity contribution >= 4 is 29.2 Å². The number of carbonyl (C=O) groups excluding carboxylic acids is 3. The Morgan fingerprint density at radius 1 is 1.00 bits per heavy atom. The number of esters is 1. The van der Waals surface area contributed by atoms with Crippen LogP contribution in [0.15, 0.2) is 53.6 Å². The van der Waals surface area contributed by atoms with Crippen LogP contribution in [0, 0.1) is 10.1 Å². The first-order valence-electron chi connectivity index (χ1n) is 10.0. The number of imide groups is 1. The van der Waals surface area contributed by atoms with E-state index in [1.165, 1.54) is 38.5 Å². The van der Waals surface area contributed by atoms with Gasteiger partial charge in [0.25, 0.3) is 17.5 Å². The Balaban J connectivity index is 2.03. The molecule has 0 atom stereocenters. The van der Waals surface area contributed by atoms with Gasteiger partial charge in [-0.25, -0.2) is 4.90 Å². The lowest BCUT2D eigenvalue weighted by Crippen LogP contribution is -2.32. The molecule has 1 aliphatic rings. The molecule has 0 fully saturated rings. The molecule has 0 saturated heterocycles. The molecule has 0 radical (unpaired) electrons. The third-order valence-corrected chi connectivity index (χ3v) is 5.09. The Bertz CT molecular complexity index is 1140. The van der Waals surface area contributed by atoms with Gasteiger partial charge in [-0.3, -0.25) is 24.5 Å². The number of nitro benzene ring substituents is 1. The van der Waals surface area contributed by atoms with E-state index in [1.54, 1.807) is 25.1 Å². The topological polar surface area (TPSA) is 125 Å². The molecule has 0 aromatic heterocycles. The average Bonchev–Trinajstić information content (AvgIpc) is 3.03. The van der Waals surface area contributed by atoms with Gasteiger partial charge in [-0.2, -0.15) is 0 Å². The van der Waals surface area contributed by atoms with Crippen molar-refractivity contribution in [1.82, 2.24) is 0 Å². The number of methoxy groups -OCH3 is 2. The van der Waals surface area contributed by atoms with Crippen LogP contribution in [0.4, 0.5) is 11.4 Å². The zero-order valence-corrected chi connectivity index (χ0v) is 18.3. The van der Waals surface area contributed by atoms with Gasteiger partial charge in [0, 0.05) is 35.3 Å². The van der Waals surface area contributed by atoms with E-state index < -0.39 is 22.7 Å². The maximum absolute atomic E-state index is 13.3. The molecule has 2 aromatic rings. The van der Waals surface area contributed by atoms with E-state index >= 15 is 0 Å². The first-order valence-corrected chi connectivity index (χ1v) is 10.0. The van der Waals surface area contributed by atoms with Crippen molar-refractivity contribution in [2.24, 2.45) is 0 Å². The second kappa shape index (κ2) is 9.94. The highest BCUT2D eigenvalue weighted by Crippen LogP contribution is 2.34. The number of ether oxygens (including phenoxy) is 3. The fraction of sp³-hybridized carbons (Fsp3) is 0.261. The maximum atomic E-state index is 13.3. The number of hydrogen-bond acceptors (Lipinski definition) is 8. The summed E-state index contributed by atoms with van der Waals surface area (Å²) in [5.74, 6) is -0.943. The normalized spacial score (nSPS) is 13.4. The van der Waals surface area contributed by atoms with Gasteiger partial charge in [-0.15, -0.1) is 0 Å². The number of nitrogens with zero attached hydrogens (tertiary/aromatic N) is 2. The highest BCUT2D eigenvalue weighted by atomic mass is 16.6. The van der Waals surface area contributed by atoms with E-state index in [0.29, 0.717) is 17.1 Å². The smallest absolute Gasteiger partial charge is 0.310 e. The fourth-order valence-electron chi connectivity index (χ4n) is 3.51. The van der Waals surface area contributed by atoms with E-state index in [9.17, 15) is 24.5 Å². The summed E-state index contributed by atoms with van der Waals surface area (Å²) in [5.41, 5.74) is 0.669. The van der Waals surface area contributed by atoms with E-state index in [-0.39, 0.29) is 42.0 Å². The van der Waals surface area contributed by atoms with Gasteiger partial charge in [0.05, 0.1) is 37.9 Å². The summed E-state index contributed by atoms with van der Waals surface area (Å²) in [6, 6.07) is 10.1. The monoisotopic (exact) mass is 454 g/mol. The molecule has 0 aliphatic carbocycles. The molecule has 1 aliphatic heterocycles. The second-order valence-electron chi connectivity index (χ2n) is 7.01. The minimum atomic E-state index is -0.682. The molecule has 172 valence electrons. The molecule has 0 saturated carbocycles. The predicted molar refractivity (Wildman–Crippen MR) is 117 cm³/mol. The highest BCUT2D eigenvalue weighted by Gasteiger charge is 2.40. The molecule has 1 heterocycles. The van der Waals surface area contributed by atoms with Crippen LogP contribution in [-0.2, 0) is 25.5 Å². The Kier molecular flexibility index (Phi) is 7.07. The molecule has 33 heavy (non-hydrogen) atoms. The molecule has 0 unspecified atom stereocenters. The van der Waals surface area contributed by atoms with Crippen LogP contribution in [0.2, 0.25) is 0 Å². The van der Waals surface area contributed by atoms with Crippen molar-refractivity contribution in [3.63, 3.8) is 0 Å². The Labute approximate surface area is 189 Å². The molecular weight excluding hydrogens is 432 g/mol. The third kappa shape index (κ3) is 4.84. The summed E-state index contributed by atoms with van der Waals surface area (Å²) in [6.07, 6.45) is -0.382. The number of benzene rings is 2. The van der Waals surface area contributed by atoms with Crippen LogP contribution < -0.4 is 14.4 Å². The van der Waals surface area contributed by atoms with Crippen molar-refractivity contribution in [2.45, 2.75) is 19.8 Å². The highest BCUT2D eigenvalue weighted by molar-refractivity contribution is 6.33. The molecule has 2 aromatic carbocycles. The maximum Gasteiger partial charge on any atom is 0.310 e. The van der Waals surface area contributed by atoms with Gasteiger partial charge in [-0.1, -0.05) is 0 Å². The van der Waals surface area contributed by atoms with Crippen LogP contribution in [-0.4, -0.2) is 43.5 Å². The van der Waals surface area contributed by atoms with Crippen molar-refractivity contribution in [1.29, 1.82) is 0 Å². The lowest BCUT2D eigenvalue weighted by Gasteiger charge is -2.15. The van der Waals surface area contributed by atoms with Gasteiger partial charge >= 0.3 is 5.97 Å². The molecule has 0 bridgehead atoms. The minimum absolute atomic E-state index is 0.00155. The van der Waals surface area contributed by atoms with Gasteiger partial charge in [0.1, 0.15) is 11.5 Å². The summed E-state index contributed by atoms with van der Waals surface area (Å²) >= 11 is 0. The van der Waals surface area contributed by atoms with E-state index in [1.807, 2.05) is 0 Å². The minimum Gasteiger partial charge on any atom is -0.497 e. The van der Waals surface area contributed by atoms with E-state index in [4.69, 9.17) is 14.2 Å². The second-order valence-corrected chi connectivity index (χ2v) is 7.01. The summed E-state index contributed by atoms with van der Waals surface area (Å²) in [7, 11) is 2.97. The Morgan fingerprint density at radius 2 is 1.67 bits per heavy atom. The number of amides is 2. The van der Waals surface area contributed by atoms with Gasteiger partial charge in [0.15, 0.2) is 0 Å². The first kappa shape index (κ1) is 23.5. The zero-order valence-electron chi connectivity index (χ0n) is 18.3. The molecular formula is C23H22N2O8. The van der Waals surface area contributed by atoms with Crippen molar-refractivity contribution < 1.29 is 33.5 Å². The van der Waals surface area contributed by atoms with Gasteiger partial charge < -0.3 is 14.2 Å². The van der Waals surface area contributed by atoms with E-state index in [2.05, 4.69) is 0 Å². The SMILES string of the molecule is CCOC(=O)CC1=C(Cc2cc(OC)ccc2OC)C(=O)N(c2ccc([N+](=O)[O-])cc2)C1=O. The van der Waals surface area contributed by atoms with Crippen LogP contribution in [0.1, 0.15) is 18.9 Å². The fourth-order valence-corrected chi connectivity index (χ4v) is 3.51. The number of rotatable bonds is 9. The largest absolute Gasteiger partial charge is 0.497 e. The molecule has 2 amide bonds. The van der Waals surface area contributed by atoms with Crippen LogP contribution in [0.5, 0.6) is 11.5 Å². The van der Waals surface area contributed by atoms with Crippen LogP contribution in [0.3, 0.4) is 0 Å². The van der Waals surface area contributed by atoms with Crippen molar-refractivity contribution in [2.75, 3.05) is 25.7 Å². The Morgan fingerprint density at radius 3 is 2.24 bits per heavy atom. The number of carbonyl (C=O) groups is 3. The number of hydrogen-bond donors (Lipinski definition) is 0. The summed E-state index contributed by atoms with van der Waals surface area (Å²) in [6.45, 7) is 1.76. The quantitative estimate of drug-likeness (QED) is 0.245. The average molecular weight is 454 g/mol. The van der Waals surface area contributed by atoms with Crippen LogP contribution >= 0.6 is 0 Å². The van der Waals surface area contributed by atoms with Crippen molar-refractivity contribution in [3.8, 4) is 11.5 Å². The third-order valence-electron chi connectivity index (χ3n) is 5.09. The summed E-state index contributed by atoms with van der Waals surface area (Å²) < 4.78 is 15.6. The Hall–Kier alpha value is -4.21. The number of nitro groups is 1. The lowest BCUT2D eigenvalue weighted by molar-refractivity contribution is -0.384. The summed E-state index contributed by atoms with van der Waals surface area (Å²) in [5, 5.41) is 10.9. The standard InChI is InChI=1S/C23H22N2O8/c1-4-33-21(26)13-19-18(12-14-11-17(31-2)9-10-20(14)32-3)22(27)24(23(19)28)15-5-7-16(8-6-15)25(29)30/h5-11H,4,12-13H2,1-3H3. The number of anilines is 1. The number of non-ortho nitro benzene ring substituents is 1. The molecule has 0 N–H and O–H groups in total. The van der Waals surface area contributed by atoms with Crippen LogP contribution in [0.25, 0.3) is 0 Å². The molecule has 10 heteroatoms. The van der Waals surface area contributed by atoms with E-state index in [0.717, 1.165) is 4.90 Å². The zero-order chi connectivity index (χ0) is 24.1. The molecule has 10 nitrogen and oxygen atoms in total. The summed E-state index contributed by atoms with van der Waals surface area (Å²) in [4.78, 5) is 50.0. The molecule has 0 spiro atoms. The predicted octanol–water partition coefficient (Wildman–Crippen LogP) is 2.98. The lowest BCUT2D eigenvalue weighted by atomic mass is 9.98. The van der Waals surface area contributed by atoms with Crippen molar-refractivity contribution in [3.05, 3.63) is 69.3 Å². The molecule has 3 rings (SSSR count). The first-order chi connectivity index (χ1) is 15.8. The van der Waals surface area contributed by atoms with Gasteiger partial charge in [0.2, 0.25) is 0 Å².